The van der Waals surface area contributed by atoms with Crippen LogP contribution in [0.15, 0.2) is 23.6 Å². The van der Waals surface area contributed by atoms with Crippen molar-refractivity contribution in [1.29, 1.82) is 0 Å². The highest BCUT2D eigenvalue weighted by Crippen LogP contribution is 2.33. The molecule has 0 spiro atoms. The molecule has 4 rings (SSSR count). The number of aromatic amines is 1. The van der Waals surface area contributed by atoms with Crippen LogP contribution in [-0.2, 0) is 6.42 Å². The lowest BCUT2D eigenvalue weighted by atomic mass is 9.94. The Labute approximate surface area is 167 Å². The highest BCUT2D eigenvalue weighted by molar-refractivity contribution is 7.14. The number of methoxy groups -OCH3 is 1. The van der Waals surface area contributed by atoms with Crippen molar-refractivity contribution >= 4 is 28.2 Å². The predicted octanol–water partition coefficient (Wildman–Crippen LogP) is 4.53. The third-order valence-corrected chi connectivity index (χ3v) is 5.78. The minimum Gasteiger partial charge on any atom is -0.496 e. The molecule has 1 aliphatic carbocycles. The number of aryl methyl sites for hydroxylation is 2. The number of nitrogens with one attached hydrogen (secondary N) is 2. The Morgan fingerprint density at radius 3 is 2.86 bits per heavy atom. The lowest BCUT2D eigenvalue weighted by molar-refractivity contribution is 0.0971. The van der Waals surface area contributed by atoms with E-state index in [0.29, 0.717) is 28.4 Å². The Morgan fingerprint density at radius 2 is 2.11 bits per heavy atom. The van der Waals surface area contributed by atoms with Gasteiger partial charge in [-0.15, -0.1) is 11.3 Å². The van der Waals surface area contributed by atoms with Gasteiger partial charge in [-0.3, -0.25) is 14.9 Å². The van der Waals surface area contributed by atoms with Gasteiger partial charge in [-0.05, 0) is 44.4 Å². The summed E-state index contributed by atoms with van der Waals surface area (Å²) in [4.78, 5) is 32.6. The second kappa shape index (κ2) is 7.24. The SMILES string of the molecule is COc1ccc(C)cc1-c1csc(NC(=O)c2[nH]c3c(c2C)C(=O)CCC3)n1. The molecule has 0 unspecified atom stereocenters. The van der Waals surface area contributed by atoms with Crippen LogP contribution in [0.1, 0.15) is 50.5 Å². The zero-order chi connectivity index (χ0) is 19.8. The lowest BCUT2D eigenvalue weighted by Crippen LogP contribution is -2.13. The van der Waals surface area contributed by atoms with Crippen molar-refractivity contribution in [3.05, 3.63) is 51.7 Å². The Kier molecular flexibility index (Phi) is 4.77. The highest BCUT2D eigenvalue weighted by Gasteiger charge is 2.26. The minimum atomic E-state index is -0.281. The molecule has 1 aromatic carbocycles. The van der Waals surface area contributed by atoms with Crippen molar-refractivity contribution in [3.8, 4) is 17.0 Å². The fraction of sp³-hybridized carbons (Fsp3) is 0.286. The van der Waals surface area contributed by atoms with Crippen LogP contribution in [0.2, 0.25) is 0 Å². The Hall–Kier alpha value is -2.93. The number of amides is 1. The van der Waals surface area contributed by atoms with E-state index in [2.05, 4.69) is 15.3 Å². The summed E-state index contributed by atoms with van der Waals surface area (Å²) in [6.45, 7) is 3.83. The quantitative estimate of drug-likeness (QED) is 0.679. The second-order valence-corrected chi connectivity index (χ2v) is 7.81. The first kappa shape index (κ1) is 18.4. The van der Waals surface area contributed by atoms with Crippen LogP contribution in [0, 0.1) is 13.8 Å². The van der Waals surface area contributed by atoms with Gasteiger partial charge in [0.1, 0.15) is 11.4 Å². The van der Waals surface area contributed by atoms with E-state index in [-0.39, 0.29) is 11.7 Å². The number of fused-ring (bicyclic) bond motifs is 1. The Morgan fingerprint density at radius 1 is 1.29 bits per heavy atom. The zero-order valence-electron chi connectivity index (χ0n) is 16.0. The van der Waals surface area contributed by atoms with Crippen LogP contribution >= 0.6 is 11.3 Å². The summed E-state index contributed by atoms with van der Waals surface area (Å²) in [5.74, 6) is 0.564. The number of ether oxygens (including phenoxy) is 1. The van der Waals surface area contributed by atoms with Gasteiger partial charge in [0, 0.05) is 28.6 Å². The van der Waals surface area contributed by atoms with Crippen molar-refractivity contribution in [1.82, 2.24) is 9.97 Å². The van der Waals surface area contributed by atoms with Crippen LogP contribution in [0.3, 0.4) is 0 Å². The molecule has 28 heavy (non-hydrogen) atoms. The van der Waals surface area contributed by atoms with E-state index in [4.69, 9.17) is 4.74 Å². The number of hydrogen-bond acceptors (Lipinski definition) is 5. The molecule has 1 amide bonds. The van der Waals surface area contributed by atoms with E-state index in [1.165, 1.54) is 11.3 Å². The number of H-pyrrole nitrogens is 1. The fourth-order valence-corrected chi connectivity index (χ4v) is 4.34. The minimum absolute atomic E-state index is 0.108. The van der Waals surface area contributed by atoms with Gasteiger partial charge < -0.3 is 9.72 Å². The standard InChI is InChI=1S/C21H21N3O3S/c1-11-7-8-17(27-3)13(9-11)15-10-28-21(23-15)24-20(26)19-12(2)18-14(22-19)5-4-6-16(18)25/h7-10,22H,4-6H2,1-3H3,(H,23,24,26). The number of nitrogens with zero attached hydrogens (tertiary/aromatic N) is 1. The summed E-state index contributed by atoms with van der Waals surface area (Å²) >= 11 is 1.35. The van der Waals surface area contributed by atoms with Crippen molar-refractivity contribution in [2.45, 2.75) is 33.1 Å². The van der Waals surface area contributed by atoms with Gasteiger partial charge in [0.2, 0.25) is 0 Å². The maximum atomic E-state index is 12.8. The molecule has 144 valence electrons. The summed E-state index contributed by atoms with van der Waals surface area (Å²) in [5, 5.41) is 5.24. The summed E-state index contributed by atoms with van der Waals surface area (Å²) in [6, 6.07) is 5.90. The summed E-state index contributed by atoms with van der Waals surface area (Å²) < 4.78 is 5.43. The molecule has 0 radical (unpaired) electrons. The summed E-state index contributed by atoms with van der Waals surface area (Å²) in [6.07, 6.45) is 2.16. The van der Waals surface area contributed by atoms with E-state index in [9.17, 15) is 9.59 Å². The highest BCUT2D eigenvalue weighted by atomic mass is 32.1. The first-order valence-corrected chi connectivity index (χ1v) is 10.0. The number of carbonyl (C=O) groups excluding carboxylic acids is 2. The van der Waals surface area contributed by atoms with Crippen LogP contribution in [0.5, 0.6) is 5.75 Å². The topological polar surface area (TPSA) is 84.1 Å². The number of thiazole rings is 1. The lowest BCUT2D eigenvalue weighted by Gasteiger charge is -2.09. The van der Waals surface area contributed by atoms with Gasteiger partial charge in [-0.2, -0.15) is 0 Å². The normalized spacial score (nSPS) is 13.3. The Bertz CT molecular complexity index is 1080. The van der Waals surface area contributed by atoms with E-state index < -0.39 is 0 Å². The van der Waals surface area contributed by atoms with Gasteiger partial charge in [-0.25, -0.2) is 4.98 Å². The van der Waals surface area contributed by atoms with E-state index in [1.54, 1.807) is 7.11 Å². The number of benzene rings is 1. The largest absolute Gasteiger partial charge is 0.496 e. The third kappa shape index (κ3) is 3.22. The monoisotopic (exact) mass is 395 g/mol. The molecular weight excluding hydrogens is 374 g/mol. The van der Waals surface area contributed by atoms with Crippen LogP contribution < -0.4 is 10.1 Å². The van der Waals surface area contributed by atoms with Gasteiger partial charge in [0.05, 0.1) is 12.8 Å². The number of hydrogen-bond donors (Lipinski definition) is 2. The number of aromatic nitrogens is 2. The van der Waals surface area contributed by atoms with Crippen molar-refractivity contribution < 1.29 is 14.3 Å². The zero-order valence-corrected chi connectivity index (χ0v) is 16.8. The first-order valence-electron chi connectivity index (χ1n) is 9.14. The molecule has 0 aliphatic heterocycles. The molecule has 7 heteroatoms. The molecule has 0 saturated heterocycles. The smallest absolute Gasteiger partial charge is 0.274 e. The molecule has 2 heterocycles. The molecule has 0 bridgehead atoms. The van der Waals surface area contributed by atoms with E-state index in [1.807, 2.05) is 37.4 Å². The van der Waals surface area contributed by atoms with Crippen LogP contribution in [0.4, 0.5) is 5.13 Å². The van der Waals surface area contributed by atoms with E-state index in [0.717, 1.165) is 41.1 Å². The van der Waals surface area contributed by atoms with Gasteiger partial charge in [0.25, 0.3) is 5.91 Å². The molecule has 2 N–H and O–H groups in total. The molecule has 0 atom stereocenters. The number of ketones is 1. The predicted molar refractivity (Wildman–Crippen MR) is 110 cm³/mol. The summed E-state index contributed by atoms with van der Waals surface area (Å²) in [7, 11) is 1.63. The van der Waals surface area contributed by atoms with Gasteiger partial charge >= 0.3 is 0 Å². The average Bonchev–Trinajstić information content (AvgIpc) is 3.27. The second-order valence-electron chi connectivity index (χ2n) is 6.95. The number of Topliss-reactive ketones (excluding diaryl/α,β-unsaturated/α-hetero) is 1. The first-order chi connectivity index (χ1) is 13.5. The molecule has 0 fully saturated rings. The van der Waals surface area contributed by atoms with Gasteiger partial charge in [-0.1, -0.05) is 11.6 Å². The molecule has 2 aromatic heterocycles. The molecule has 6 nitrogen and oxygen atoms in total. The third-order valence-electron chi connectivity index (χ3n) is 5.02. The molecule has 1 aliphatic rings. The van der Waals surface area contributed by atoms with Crippen LogP contribution in [-0.4, -0.2) is 28.8 Å². The number of anilines is 1. The maximum Gasteiger partial charge on any atom is 0.274 e. The maximum absolute atomic E-state index is 12.8. The van der Waals surface area contributed by atoms with Crippen molar-refractivity contribution in [2.75, 3.05) is 12.4 Å². The molecule has 3 aromatic rings. The molecular formula is C21H21N3O3S. The average molecular weight is 395 g/mol. The number of rotatable bonds is 4. The summed E-state index contributed by atoms with van der Waals surface area (Å²) in [5.41, 5.74) is 5.44. The molecule has 0 saturated carbocycles. The van der Waals surface area contributed by atoms with Crippen molar-refractivity contribution in [3.63, 3.8) is 0 Å². The Balaban J connectivity index is 1.59. The van der Waals surface area contributed by atoms with Crippen molar-refractivity contribution in [2.24, 2.45) is 0 Å². The number of carbonyl (C=O) groups is 2. The van der Waals surface area contributed by atoms with E-state index >= 15 is 0 Å². The van der Waals surface area contributed by atoms with Gasteiger partial charge in [0.15, 0.2) is 10.9 Å². The fourth-order valence-electron chi connectivity index (χ4n) is 3.64. The van der Waals surface area contributed by atoms with Crippen LogP contribution in [0.25, 0.3) is 11.3 Å².